The van der Waals surface area contributed by atoms with E-state index in [4.69, 9.17) is 18.6 Å². The highest BCUT2D eigenvalue weighted by atomic mass is 35.7. The van der Waals surface area contributed by atoms with Gasteiger partial charge in [-0.3, -0.25) is 0 Å². The Morgan fingerprint density at radius 2 is 1.25 bits per heavy atom. The van der Waals surface area contributed by atoms with Crippen molar-refractivity contribution in [2.45, 2.75) is 25.7 Å². The number of halogens is 1. The molecule has 1 aliphatic rings. The van der Waals surface area contributed by atoms with E-state index < -0.39 is 10.2 Å². The van der Waals surface area contributed by atoms with E-state index in [1.54, 1.807) is 5.56 Å². The van der Waals surface area contributed by atoms with Gasteiger partial charge in [0.15, 0.2) is 5.69 Å². The number of benzene rings is 2. The summed E-state index contributed by atoms with van der Waals surface area (Å²) in [4.78, 5) is 0. The van der Waals surface area contributed by atoms with Crippen LogP contribution in [0.1, 0.15) is 24.1 Å². The zero-order chi connectivity index (χ0) is 20.1. The first kappa shape index (κ1) is 20.5. The molecule has 0 fully saturated rings. The van der Waals surface area contributed by atoms with Crippen LogP contribution in [0.15, 0.2) is 66.7 Å². The van der Waals surface area contributed by atoms with Gasteiger partial charge in [-0.05, 0) is 42.5 Å². The van der Waals surface area contributed by atoms with Crippen molar-refractivity contribution in [3.63, 3.8) is 0 Å². The SMILES string of the molecule is C[n+]1c(-c2ccccc2)cc(-c2ccccc2)c2c1CCCC2.[O-][Cl+3]([O-])([O-])[O-]. The maximum absolute atomic E-state index is 8.49. The molecular formula is C22H22ClNO4. The molecule has 0 aliphatic heterocycles. The standard InChI is InChI=1S/C22H22N.ClHO4/c1-23-21-15-9-8-14-19(21)20(17-10-4-2-5-11-17)16-22(23)18-12-6-3-7-13-18;2-1(3,4)5/h2-7,10-13,16H,8-9,14-15H2,1H3;(H,2,3,4,5)/q+1;/p-1. The summed E-state index contributed by atoms with van der Waals surface area (Å²) in [5.41, 5.74) is 8.41. The molecule has 0 radical (unpaired) electrons. The van der Waals surface area contributed by atoms with E-state index in [0.717, 1.165) is 0 Å². The van der Waals surface area contributed by atoms with Crippen molar-refractivity contribution in [2.75, 3.05) is 0 Å². The fourth-order valence-corrected chi connectivity index (χ4v) is 3.78. The number of rotatable bonds is 2. The van der Waals surface area contributed by atoms with E-state index in [1.165, 1.54) is 53.8 Å². The van der Waals surface area contributed by atoms with Gasteiger partial charge in [-0.1, -0.05) is 48.5 Å². The molecule has 0 saturated heterocycles. The number of aromatic nitrogens is 1. The van der Waals surface area contributed by atoms with E-state index in [9.17, 15) is 0 Å². The molecule has 0 saturated carbocycles. The van der Waals surface area contributed by atoms with Crippen LogP contribution in [-0.4, -0.2) is 0 Å². The van der Waals surface area contributed by atoms with Crippen molar-refractivity contribution in [1.82, 2.24) is 0 Å². The molecule has 0 atom stereocenters. The van der Waals surface area contributed by atoms with Gasteiger partial charge in [0.1, 0.15) is 7.05 Å². The first-order valence-electron chi connectivity index (χ1n) is 9.12. The molecule has 0 bridgehead atoms. The van der Waals surface area contributed by atoms with Gasteiger partial charge in [-0.2, -0.15) is 4.57 Å². The number of pyridine rings is 1. The molecule has 0 spiro atoms. The van der Waals surface area contributed by atoms with Crippen LogP contribution in [0.4, 0.5) is 0 Å². The van der Waals surface area contributed by atoms with Crippen molar-refractivity contribution in [3.8, 4) is 22.4 Å². The summed E-state index contributed by atoms with van der Waals surface area (Å²) in [5.74, 6) is 0. The lowest BCUT2D eigenvalue weighted by Gasteiger charge is -2.19. The minimum atomic E-state index is -4.94. The normalized spacial score (nSPS) is 13.3. The summed E-state index contributed by atoms with van der Waals surface area (Å²) in [6.07, 6.45) is 4.99. The van der Waals surface area contributed by atoms with Gasteiger partial charge in [0.05, 0.1) is 0 Å². The van der Waals surface area contributed by atoms with Gasteiger partial charge in [0.25, 0.3) is 0 Å². The Morgan fingerprint density at radius 3 is 1.82 bits per heavy atom. The highest BCUT2D eigenvalue weighted by Crippen LogP contribution is 2.32. The van der Waals surface area contributed by atoms with Crippen LogP contribution >= 0.6 is 0 Å². The maximum atomic E-state index is 8.49. The van der Waals surface area contributed by atoms with Crippen molar-refractivity contribution >= 4 is 0 Å². The third-order valence-electron chi connectivity index (χ3n) is 4.97. The molecule has 0 N–H and O–H groups in total. The molecule has 28 heavy (non-hydrogen) atoms. The quantitative estimate of drug-likeness (QED) is 0.565. The average molecular weight is 400 g/mol. The van der Waals surface area contributed by atoms with Crippen molar-refractivity contribution in [3.05, 3.63) is 78.0 Å². The molecule has 5 nitrogen and oxygen atoms in total. The van der Waals surface area contributed by atoms with Crippen LogP contribution < -0.4 is 23.2 Å². The number of fused-ring (bicyclic) bond motifs is 1. The third-order valence-corrected chi connectivity index (χ3v) is 4.97. The molecule has 0 amide bonds. The van der Waals surface area contributed by atoms with Crippen LogP contribution in [0.5, 0.6) is 0 Å². The molecule has 1 heterocycles. The Labute approximate surface area is 166 Å². The lowest BCUT2D eigenvalue weighted by atomic mass is 9.87. The predicted molar refractivity (Wildman–Crippen MR) is 95.1 cm³/mol. The average Bonchev–Trinajstić information content (AvgIpc) is 2.69. The van der Waals surface area contributed by atoms with E-state index in [1.807, 2.05) is 0 Å². The van der Waals surface area contributed by atoms with Crippen molar-refractivity contribution in [2.24, 2.45) is 7.05 Å². The fourth-order valence-electron chi connectivity index (χ4n) is 3.78. The topological polar surface area (TPSA) is 96.1 Å². The number of hydrogen-bond donors (Lipinski definition) is 0. The minimum Gasteiger partial charge on any atom is -0.222 e. The van der Waals surface area contributed by atoms with Gasteiger partial charge in [-0.15, -0.1) is 10.2 Å². The second-order valence-electron chi connectivity index (χ2n) is 6.74. The van der Waals surface area contributed by atoms with E-state index in [2.05, 4.69) is 78.3 Å². The minimum absolute atomic E-state index is 1.19. The Morgan fingerprint density at radius 1 is 0.750 bits per heavy atom. The zero-order valence-electron chi connectivity index (χ0n) is 15.6. The highest BCUT2D eigenvalue weighted by Gasteiger charge is 2.26. The van der Waals surface area contributed by atoms with E-state index >= 15 is 0 Å². The summed E-state index contributed by atoms with van der Waals surface area (Å²) in [7, 11) is -2.72. The lowest BCUT2D eigenvalue weighted by molar-refractivity contribution is -2.00. The summed E-state index contributed by atoms with van der Waals surface area (Å²) < 4.78 is 36.4. The highest BCUT2D eigenvalue weighted by molar-refractivity contribution is 5.72. The third kappa shape index (κ3) is 5.16. The summed E-state index contributed by atoms with van der Waals surface area (Å²) in [6, 6.07) is 24.0. The van der Waals surface area contributed by atoms with Gasteiger partial charge in [0.2, 0.25) is 5.69 Å². The van der Waals surface area contributed by atoms with Crippen LogP contribution in [-0.2, 0) is 19.9 Å². The fraction of sp³-hybridized carbons (Fsp3) is 0.227. The van der Waals surface area contributed by atoms with Gasteiger partial charge in [0, 0.05) is 23.6 Å². The van der Waals surface area contributed by atoms with Crippen LogP contribution in [0.2, 0.25) is 0 Å². The van der Waals surface area contributed by atoms with Gasteiger partial charge in [-0.25, -0.2) is 18.6 Å². The Bertz CT molecular complexity index is 919. The Kier molecular flexibility index (Phi) is 6.44. The summed E-state index contributed by atoms with van der Waals surface area (Å²) in [6.45, 7) is 0. The number of nitrogens with zero attached hydrogens (tertiary/aromatic N) is 1. The molecule has 4 rings (SSSR count). The van der Waals surface area contributed by atoms with Crippen LogP contribution in [0.25, 0.3) is 22.4 Å². The first-order valence-corrected chi connectivity index (χ1v) is 10.4. The molecule has 1 aromatic heterocycles. The lowest BCUT2D eigenvalue weighted by Crippen LogP contribution is -2.68. The second-order valence-corrected chi connectivity index (χ2v) is 7.50. The van der Waals surface area contributed by atoms with Crippen LogP contribution in [0, 0.1) is 10.2 Å². The molecule has 2 aromatic carbocycles. The summed E-state index contributed by atoms with van der Waals surface area (Å²) in [5, 5.41) is 0. The van der Waals surface area contributed by atoms with Crippen molar-refractivity contribution < 1.29 is 33.4 Å². The monoisotopic (exact) mass is 399 g/mol. The number of hydrogen-bond acceptors (Lipinski definition) is 4. The molecule has 1 aliphatic carbocycles. The zero-order valence-corrected chi connectivity index (χ0v) is 16.4. The molecular weight excluding hydrogens is 378 g/mol. The Balaban J connectivity index is 0.000000403. The first-order chi connectivity index (χ1) is 13.3. The predicted octanol–water partition coefficient (Wildman–Crippen LogP) is -0.0321. The van der Waals surface area contributed by atoms with Gasteiger partial charge >= 0.3 is 0 Å². The van der Waals surface area contributed by atoms with Crippen molar-refractivity contribution in [1.29, 1.82) is 0 Å². The second kappa shape index (κ2) is 8.82. The molecule has 3 aromatic rings. The van der Waals surface area contributed by atoms with Gasteiger partial charge < -0.3 is 0 Å². The maximum Gasteiger partial charge on any atom is 0.213 e. The molecule has 6 heteroatoms. The molecule has 146 valence electrons. The molecule has 0 unspecified atom stereocenters. The summed E-state index contributed by atoms with van der Waals surface area (Å²) >= 11 is 0. The smallest absolute Gasteiger partial charge is 0.213 e. The van der Waals surface area contributed by atoms with Crippen LogP contribution in [0.3, 0.4) is 0 Å². The van der Waals surface area contributed by atoms with E-state index in [0.29, 0.717) is 0 Å². The Hall–Kier alpha value is -2.28. The van der Waals surface area contributed by atoms with E-state index in [-0.39, 0.29) is 0 Å². The largest absolute Gasteiger partial charge is 0.222 e.